The highest BCUT2D eigenvalue weighted by molar-refractivity contribution is 7.86. The van der Waals surface area contributed by atoms with Crippen LogP contribution < -0.4 is 0 Å². The fourth-order valence-electron chi connectivity index (χ4n) is 1.54. The molecule has 2 heterocycles. The number of hydrogen-bond acceptors (Lipinski definition) is 8. The Labute approximate surface area is 105 Å². The van der Waals surface area contributed by atoms with Gasteiger partial charge in [0.05, 0.1) is 25.7 Å². The lowest BCUT2D eigenvalue weighted by Gasteiger charge is -1.96. The van der Waals surface area contributed by atoms with E-state index in [-0.39, 0.29) is 37.6 Å². The van der Waals surface area contributed by atoms with Gasteiger partial charge in [0.15, 0.2) is 0 Å². The maximum Gasteiger partial charge on any atom is 0.264 e. The predicted molar refractivity (Wildman–Crippen MR) is 58.9 cm³/mol. The molecule has 18 heavy (non-hydrogen) atoms. The Hall–Kier alpha value is -0.260. The molecule has 0 spiro atoms. The topological polar surface area (TPSA) is 112 Å². The van der Waals surface area contributed by atoms with Gasteiger partial charge in [-0.15, -0.1) is 0 Å². The third-order valence-corrected chi connectivity index (χ3v) is 3.59. The minimum absolute atomic E-state index is 0.0526. The highest BCUT2D eigenvalue weighted by atomic mass is 32.2. The van der Waals surface area contributed by atoms with Crippen molar-refractivity contribution in [3.8, 4) is 0 Å². The minimum atomic E-state index is -3.48. The van der Waals surface area contributed by atoms with E-state index in [0.717, 1.165) is 12.5 Å². The summed E-state index contributed by atoms with van der Waals surface area (Å²) < 4.78 is 62.5. The average Bonchev–Trinajstić information content (AvgIpc) is 3.04. The summed E-state index contributed by atoms with van der Waals surface area (Å²) in [5, 5.41) is 0. The van der Waals surface area contributed by atoms with E-state index in [4.69, 9.17) is 9.47 Å². The number of ether oxygens (including phenoxy) is 2. The van der Waals surface area contributed by atoms with Crippen LogP contribution in [0.3, 0.4) is 0 Å². The second-order valence-corrected chi connectivity index (χ2v) is 7.54. The van der Waals surface area contributed by atoms with Gasteiger partial charge in [-0.2, -0.15) is 16.8 Å². The molecule has 0 aromatic heterocycles. The Morgan fingerprint density at radius 3 is 1.44 bits per heavy atom. The van der Waals surface area contributed by atoms with Crippen LogP contribution in [0.15, 0.2) is 0 Å². The molecule has 1 unspecified atom stereocenters. The molecule has 0 aromatic rings. The van der Waals surface area contributed by atoms with Gasteiger partial charge in [0.25, 0.3) is 20.2 Å². The first kappa shape index (κ1) is 14.2. The van der Waals surface area contributed by atoms with Gasteiger partial charge in [-0.05, 0) is 0 Å². The molecule has 10 heteroatoms. The van der Waals surface area contributed by atoms with Crippen molar-refractivity contribution in [3.63, 3.8) is 0 Å². The zero-order valence-corrected chi connectivity index (χ0v) is 11.4. The molecule has 0 aliphatic carbocycles. The van der Waals surface area contributed by atoms with Crippen molar-refractivity contribution >= 4 is 20.2 Å². The standard InChI is InChI=1S/C8H14O8S2/c1-17(9,10)13-3-5-7(15-5)8-6(16-8)4-14-18(2,11)12/h5-8H,3-4H2,1-2H3/t5-,6-,7+,8?/m0/s1. The van der Waals surface area contributed by atoms with Crippen LogP contribution in [0.5, 0.6) is 0 Å². The van der Waals surface area contributed by atoms with Crippen molar-refractivity contribution in [3.05, 3.63) is 0 Å². The third kappa shape index (κ3) is 4.44. The largest absolute Gasteiger partial charge is 0.364 e. The maximum absolute atomic E-state index is 10.7. The van der Waals surface area contributed by atoms with Gasteiger partial charge < -0.3 is 9.47 Å². The van der Waals surface area contributed by atoms with Crippen LogP contribution in [0.1, 0.15) is 0 Å². The third-order valence-electron chi connectivity index (χ3n) is 2.46. The Balaban J connectivity index is 1.66. The molecule has 0 amide bonds. The fourth-order valence-corrected chi connectivity index (χ4v) is 2.30. The molecule has 2 rings (SSSR count). The zero-order chi connectivity index (χ0) is 13.6. The van der Waals surface area contributed by atoms with Crippen molar-refractivity contribution in [1.82, 2.24) is 0 Å². The summed E-state index contributed by atoms with van der Waals surface area (Å²) in [6.07, 6.45) is 0.766. The lowest BCUT2D eigenvalue weighted by atomic mass is 10.2. The second-order valence-electron chi connectivity index (χ2n) is 4.26. The Morgan fingerprint density at radius 2 is 1.17 bits per heavy atom. The maximum atomic E-state index is 10.7. The van der Waals surface area contributed by atoms with Gasteiger partial charge in [0, 0.05) is 0 Å². The first-order valence-electron chi connectivity index (χ1n) is 5.15. The molecule has 2 saturated heterocycles. The monoisotopic (exact) mass is 302 g/mol. The van der Waals surface area contributed by atoms with E-state index in [2.05, 4.69) is 8.37 Å². The summed E-state index contributed by atoms with van der Waals surface area (Å²) in [7, 11) is -6.95. The molecular weight excluding hydrogens is 288 g/mol. The van der Waals surface area contributed by atoms with Crippen LogP contribution in [-0.4, -0.2) is 67.0 Å². The van der Waals surface area contributed by atoms with Gasteiger partial charge >= 0.3 is 0 Å². The van der Waals surface area contributed by atoms with Crippen LogP contribution in [0.4, 0.5) is 0 Å². The molecule has 0 saturated carbocycles. The summed E-state index contributed by atoms with van der Waals surface area (Å²) in [6, 6.07) is 0. The summed E-state index contributed by atoms with van der Waals surface area (Å²) >= 11 is 0. The van der Waals surface area contributed by atoms with Gasteiger partial charge in [-0.25, -0.2) is 0 Å². The second kappa shape index (κ2) is 4.69. The van der Waals surface area contributed by atoms with Crippen molar-refractivity contribution in [2.75, 3.05) is 25.7 Å². The molecule has 4 atom stereocenters. The van der Waals surface area contributed by atoms with Gasteiger partial charge in [0.2, 0.25) is 0 Å². The van der Waals surface area contributed by atoms with E-state index in [1.54, 1.807) is 0 Å². The molecule has 2 aliphatic rings. The molecule has 2 aliphatic heterocycles. The normalized spacial score (nSPS) is 35.4. The predicted octanol–water partition coefficient (Wildman–Crippen LogP) is -1.53. The van der Waals surface area contributed by atoms with Crippen LogP contribution in [0.25, 0.3) is 0 Å². The lowest BCUT2D eigenvalue weighted by molar-refractivity contribution is 0.255. The Bertz CT molecular complexity index is 461. The van der Waals surface area contributed by atoms with E-state index in [9.17, 15) is 16.8 Å². The Kier molecular flexibility index (Phi) is 3.69. The molecule has 106 valence electrons. The molecule has 0 aromatic carbocycles. The van der Waals surface area contributed by atoms with E-state index in [1.807, 2.05) is 0 Å². The van der Waals surface area contributed by atoms with Crippen LogP contribution in [0.2, 0.25) is 0 Å². The summed E-state index contributed by atoms with van der Waals surface area (Å²) in [5.41, 5.74) is 0. The molecule has 0 bridgehead atoms. The molecule has 0 N–H and O–H groups in total. The fraction of sp³-hybridized carbons (Fsp3) is 1.00. The van der Waals surface area contributed by atoms with Crippen LogP contribution in [0, 0.1) is 0 Å². The minimum Gasteiger partial charge on any atom is -0.364 e. The molecule has 8 nitrogen and oxygen atoms in total. The van der Waals surface area contributed by atoms with Gasteiger partial charge in [0.1, 0.15) is 24.4 Å². The molecule has 2 fully saturated rings. The molecular formula is C8H14O8S2. The van der Waals surface area contributed by atoms with E-state index in [0.29, 0.717) is 0 Å². The van der Waals surface area contributed by atoms with Gasteiger partial charge in [-0.1, -0.05) is 0 Å². The quantitative estimate of drug-likeness (QED) is 0.411. The number of rotatable bonds is 7. The van der Waals surface area contributed by atoms with Gasteiger partial charge in [-0.3, -0.25) is 8.37 Å². The van der Waals surface area contributed by atoms with E-state index < -0.39 is 20.2 Å². The van der Waals surface area contributed by atoms with Crippen molar-refractivity contribution in [1.29, 1.82) is 0 Å². The zero-order valence-electron chi connectivity index (χ0n) is 9.81. The first-order valence-corrected chi connectivity index (χ1v) is 8.79. The van der Waals surface area contributed by atoms with Crippen molar-refractivity contribution in [2.45, 2.75) is 24.4 Å². The lowest BCUT2D eigenvalue weighted by Crippen LogP contribution is -2.16. The smallest absolute Gasteiger partial charge is 0.264 e. The van der Waals surface area contributed by atoms with Crippen LogP contribution >= 0.6 is 0 Å². The van der Waals surface area contributed by atoms with E-state index >= 15 is 0 Å². The summed E-state index contributed by atoms with van der Waals surface area (Å²) in [6.45, 7) is -0.105. The van der Waals surface area contributed by atoms with Crippen molar-refractivity contribution in [2.24, 2.45) is 0 Å². The highest BCUT2D eigenvalue weighted by Gasteiger charge is 2.57. The number of epoxide rings is 2. The molecule has 0 radical (unpaired) electrons. The van der Waals surface area contributed by atoms with Crippen molar-refractivity contribution < 1.29 is 34.7 Å². The summed E-state index contributed by atoms with van der Waals surface area (Å²) in [5.74, 6) is 0. The summed E-state index contributed by atoms with van der Waals surface area (Å²) in [4.78, 5) is 0. The van der Waals surface area contributed by atoms with Crippen LogP contribution in [-0.2, 0) is 38.1 Å². The highest BCUT2D eigenvalue weighted by Crippen LogP contribution is 2.39. The Morgan fingerprint density at radius 1 is 0.833 bits per heavy atom. The number of hydrogen-bond donors (Lipinski definition) is 0. The first-order chi connectivity index (χ1) is 8.16. The average molecular weight is 302 g/mol. The van der Waals surface area contributed by atoms with E-state index in [1.165, 1.54) is 0 Å². The SMILES string of the molecule is CS(=O)(=O)OC[C@@H]1OC1[C@@H]1O[C@H]1COS(C)(=O)=O.